The smallest absolute Gasteiger partial charge is 0.227 e. The number of hydrogen-bond donors (Lipinski definition) is 1. The quantitative estimate of drug-likeness (QED) is 0.791. The molecule has 1 aliphatic heterocycles. The number of benzene rings is 1. The normalized spacial score (nSPS) is 15.4. The summed E-state index contributed by atoms with van der Waals surface area (Å²) in [6.45, 7) is 4.00. The molecular formula is C14H20N2O. The second-order valence-corrected chi connectivity index (χ2v) is 4.45. The van der Waals surface area contributed by atoms with Gasteiger partial charge in [-0.3, -0.25) is 4.79 Å². The predicted octanol–water partition coefficient (Wildman–Crippen LogP) is 3.03. The van der Waals surface area contributed by atoms with Crippen molar-refractivity contribution in [3.8, 4) is 0 Å². The number of anilines is 2. The highest BCUT2D eigenvalue weighted by atomic mass is 16.2. The van der Waals surface area contributed by atoms with Gasteiger partial charge in [0.1, 0.15) is 0 Å². The molecule has 0 atom stereocenters. The van der Waals surface area contributed by atoms with Gasteiger partial charge in [-0.2, -0.15) is 0 Å². The van der Waals surface area contributed by atoms with E-state index in [1.54, 1.807) is 0 Å². The summed E-state index contributed by atoms with van der Waals surface area (Å²) >= 11 is 0. The number of para-hydroxylation sites is 2. The second kappa shape index (κ2) is 5.71. The van der Waals surface area contributed by atoms with Gasteiger partial charge in [-0.05, 0) is 25.0 Å². The first kappa shape index (κ1) is 12.0. The molecule has 1 amide bonds. The molecule has 1 saturated heterocycles. The minimum Gasteiger partial charge on any atom is -0.383 e. The lowest BCUT2D eigenvalue weighted by atomic mass is 10.2. The van der Waals surface area contributed by atoms with E-state index in [-0.39, 0.29) is 5.91 Å². The molecule has 0 bridgehead atoms. The highest BCUT2D eigenvalue weighted by Crippen LogP contribution is 2.29. The highest BCUT2D eigenvalue weighted by Gasteiger charge is 2.23. The molecule has 0 aromatic heterocycles. The second-order valence-electron chi connectivity index (χ2n) is 4.45. The number of amides is 1. The highest BCUT2D eigenvalue weighted by molar-refractivity contribution is 5.98. The zero-order chi connectivity index (χ0) is 12.1. The van der Waals surface area contributed by atoms with Crippen molar-refractivity contribution in [3.05, 3.63) is 24.3 Å². The van der Waals surface area contributed by atoms with Crippen molar-refractivity contribution >= 4 is 17.3 Å². The maximum absolute atomic E-state index is 11.8. The topological polar surface area (TPSA) is 32.3 Å². The van der Waals surface area contributed by atoms with Crippen LogP contribution in [0.1, 0.15) is 32.6 Å². The Kier molecular flexibility index (Phi) is 4.02. The van der Waals surface area contributed by atoms with Crippen LogP contribution in [0.2, 0.25) is 0 Å². The molecule has 2 rings (SSSR count). The lowest BCUT2D eigenvalue weighted by Crippen LogP contribution is -2.24. The van der Waals surface area contributed by atoms with Crippen LogP contribution in [0.3, 0.4) is 0 Å². The standard InChI is InChI=1S/C14H20N2O/c1-2-3-10-15-12-7-4-5-8-13(12)16-11-6-9-14(16)17/h4-5,7-8,15H,2-3,6,9-11H2,1H3. The van der Waals surface area contributed by atoms with Gasteiger partial charge in [0.05, 0.1) is 11.4 Å². The van der Waals surface area contributed by atoms with E-state index in [1.807, 2.05) is 23.1 Å². The lowest BCUT2D eigenvalue weighted by molar-refractivity contribution is -0.117. The van der Waals surface area contributed by atoms with Gasteiger partial charge in [0.25, 0.3) is 0 Å². The van der Waals surface area contributed by atoms with Crippen LogP contribution in [0.25, 0.3) is 0 Å². The maximum atomic E-state index is 11.8. The molecule has 3 nitrogen and oxygen atoms in total. The van der Waals surface area contributed by atoms with Crippen LogP contribution in [0.5, 0.6) is 0 Å². The molecule has 1 fully saturated rings. The summed E-state index contributed by atoms with van der Waals surface area (Å²) in [6, 6.07) is 8.08. The molecule has 3 heteroatoms. The van der Waals surface area contributed by atoms with Crippen molar-refractivity contribution in [3.63, 3.8) is 0 Å². The molecule has 0 unspecified atom stereocenters. The summed E-state index contributed by atoms with van der Waals surface area (Å²) in [5.74, 6) is 0.245. The fraction of sp³-hybridized carbons (Fsp3) is 0.500. The van der Waals surface area contributed by atoms with E-state index >= 15 is 0 Å². The zero-order valence-electron chi connectivity index (χ0n) is 10.4. The van der Waals surface area contributed by atoms with Gasteiger partial charge < -0.3 is 10.2 Å². The lowest BCUT2D eigenvalue weighted by Gasteiger charge is -2.20. The van der Waals surface area contributed by atoms with E-state index in [0.717, 1.165) is 37.3 Å². The molecule has 0 spiro atoms. The van der Waals surface area contributed by atoms with Crippen molar-refractivity contribution < 1.29 is 4.79 Å². The third kappa shape index (κ3) is 2.78. The maximum Gasteiger partial charge on any atom is 0.227 e. The minimum absolute atomic E-state index is 0.245. The molecular weight excluding hydrogens is 212 g/mol. The van der Waals surface area contributed by atoms with Crippen molar-refractivity contribution in [2.45, 2.75) is 32.6 Å². The zero-order valence-corrected chi connectivity index (χ0v) is 10.4. The number of nitrogens with zero attached hydrogens (tertiary/aromatic N) is 1. The summed E-state index contributed by atoms with van der Waals surface area (Å²) in [5, 5.41) is 3.42. The number of carbonyl (C=O) groups excluding carboxylic acids is 1. The Morgan fingerprint density at radius 2 is 2.18 bits per heavy atom. The third-order valence-corrected chi connectivity index (χ3v) is 3.11. The number of unbranched alkanes of at least 4 members (excludes halogenated alkanes) is 1. The van der Waals surface area contributed by atoms with Gasteiger partial charge in [0.2, 0.25) is 5.91 Å². The van der Waals surface area contributed by atoms with Crippen molar-refractivity contribution in [1.82, 2.24) is 0 Å². The Hall–Kier alpha value is -1.51. The van der Waals surface area contributed by atoms with Crippen molar-refractivity contribution in [2.75, 3.05) is 23.3 Å². The Labute approximate surface area is 103 Å². The minimum atomic E-state index is 0.245. The van der Waals surface area contributed by atoms with E-state index in [4.69, 9.17) is 0 Å². The Morgan fingerprint density at radius 3 is 2.88 bits per heavy atom. The van der Waals surface area contributed by atoms with Crippen LogP contribution in [-0.4, -0.2) is 19.0 Å². The van der Waals surface area contributed by atoms with E-state index in [9.17, 15) is 4.79 Å². The number of nitrogens with one attached hydrogen (secondary N) is 1. The number of carbonyl (C=O) groups is 1. The number of rotatable bonds is 5. The summed E-state index contributed by atoms with van der Waals surface area (Å²) in [7, 11) is 0. The Morgan fingerprint density at radius 1 is 1.35 bits per heavy atom. The number of hydrogen-bond acceptors (Lipinski definition) is 2. The van der Waals surface area contributed by atoms with E-state index in [0.29, 0.717) is 6.42 Å². The molecule has 1 heterocycles. The first-order valence-electron chi connectivity index (χ1n) is 6.46. The molecule has 1 aliphatic rings. The van der Waals surface area contributed by atoms with E-state index in [1.165, 1.54) is 6.42 Å². The van der Waals surface area contributed by atoms with E-state index in [2.05, 4.69) is 18.3 Å². The molecule has 92 valence electrons. The van der Waals surface area contributed by atoms with Gasteiger partial charge in [0.15, 0.2) is 0 Å². The fourth-order valence-electron chi connectivity index (χ4n) is 2.16. The summed E-state index contributed by atoms with van der Waals surface area (Å²) in [4.78, 5) is 13.7. The van der Waals surface area contributed by atoms with E-state index < -0.39 is 0 Å². The monoisotopic (exact) mass is 232 g/mol. The van der Waals surface area contributed by atoms with Crippen molar-refractivity contribution in [1.29, 1.82) is 0 Å². The average Bonchev–Trinajstić information content (AvgIpc) is 2.76. The van der Waals surface area contributed by atoms with Gasteiger partial charge in [0, 0.05) is 19.5 Å². The predicted molar refractivity (Wildman–Crippen MR) is 71.4 cm³/mol. The fourth-order valence-corrected chi connectivity index (χ4v) is 2.16. The molecule has 1 aromatic carbocycles. The van der Waals surface area contributed by atoms with Crippen LogP contribution in [0.15, 0.2) is 24.3 Å². The Balaban J connectivity index is 2.12. The largest absolute Gasteiger partial charge is 0.383 e. The first-order chi connectivity index (χ1) is 8.33. The third-order valence-electron chi connectivity index (χ3n) is 3.11. The van der Waals surface area contributed by atoms with Crippen LogP contribution in [-0.2, 0) is 4.79 Å². The Bertz CT molecular complexity index is 390. The molecule has 0 radical (unpaired) electrons. The van der Waals surface area contributed by atoms with Crippen molar-refractivity contribution in [2.24, 2.45) is 0 Å². The molecule has 0 saturated carbocycles. The van der Waals surface area contributed by atoms with Gasteiger partial charge >= 0.3 is 0 Å². The van der Waals surface area contributed by atoms with Gasteiger partial charge in [-0.1, -0.05) is 25.5 Å². The first-order valence-corrected chi connectivity index (χ1v) is 6.46. The molecule has 17 heavy (non-hydrogen) atoms. The summed E-state index contributed by atoms with van der Waals surface area (Å²) in [5.41, 5.74) is 2.11. The average molecular weight is 232 g/mol. The van der Waals surface area contributed by atoms with Crippen LogP contribution in [0, 0.1) is 0 Å². The van der Waals surface area contributed by atoms with Gasteiger partial charge in [-0.15, -0.1) is 0 Å². The molecule has 1 N–H and O–H groups in total. The summed E-state index contributed by atoms with van der Waals surface area (Å²) < 4.78 is 0. The van der Waals surface area contributed by atoms with Crippen LogP contribution in [0.4, 0.5) is 11.4 Å². The SMILES string of the molecule is CCCCNc1ccccc1N1CCCC1=O. The molecule has 0 aliphatic carbocycles. The van der Waals surface area contributed by atoms with Crippen LogP contribution < -0.4 is 10.2 Å². The van der Waals surface area contributed by atoms with Crippen LogP contribution >= 0.6 is 0 Å². The summed E-state index contributed by atoms with van der Waals surface area (Å²) in [6.07, 6.45) is 3.99. The van der Waals surface area contributed by atoms with Gasteiger partial charge in [-0.25, -0.2) is 0 Å². The molecule has 1 aromatic rings.